The summed E-state index contributed by atoms with van der Waals surface area (Å²) in [6, 6.07) is 48.1. The lowest BCUT2D eigenvalue weighted by atomic mass is 9.77. The van der Waals surface area contributed by atoms with Crippen LogP contribution >= 0.6 is 0 Å². The summed E-state index contributed by atoms with van der Waals surface area (Å²) in [6.45, 7) is 4.56. The van der Waals surface area contributed by atoms with Gasteiger partial charge in [-0.05, 0) is 76.3 Å². The molecule has 1 aliphatic carbocycles. The van der Waals surface area contributed by atoms with Crippen LogP contribution in [0, 0.1) is 0 Å². The van der Waals surface area contributed by atoms with Gasteiger partial charge in [-0.25, -0.2) is 0 Å². The standard InChI is InChI=1S/C45H32B2N2O3/c1-45(2)34-16-8-6-13-30(34)33-15-10-18-36(39(33)45)48(28-21-19-26(20-22-28)38-42(50)40(46)41(47)44(52)43(38)51)29-23-24-32-31-14-7-9-17-35(31)49(37(32)25-29)27-11-4-3-5-12-27/h3-25,50-52H,1-2H3. The van der Waals surface area contributed by atoms with E-state index in [1.54, 1.807) is 12.1 Å². The maximum atomic E-state index is 10.9. The van der Waals surface area contributed by atoms with E-state index in [9.17, 15) is 15.3 Å². The first-order valence-corrected chi connectivity index (χ1v) is 17.2. The average molecular weight is 670 g/mol. The van der Waals surface area contributed by atoms with Crippen LogP contribution < -0.4 is 15.8 Å². The van der Waals surface area contributed by atoms with Gasteiger partial charge in [0.1, 0.15) is 21.4 Å². The van der Waals surface area contributed by atoms with E-state index in [4.69, 9.17) is 15.7 Å². The SMILES string of the molecule is [B]c1c([B])c(O)c(-c2ccc(N(c3ccc4c5ccccc5n(-c5ccccc5)c4c3)c3cccc4c3C(C)(C)c3ccccc3-4)cc2)c(O)c1O. The number of fused-ring (bicyclic) bond motifs is 6. The first-order valence-electron chi connectivity index (χ1n) is 17.2. The number of hydrogen-bond donors (Lipinski definition) is 3. The molecule has 0 atom stereocenters. The highest BCUT2D eigenvalue weighted by Gasteiger charge is 2.38. The Hall–Kier alpha value is -6.33. The molecule has 52 heavy (non-hydrogen) atoms. The third-order valence-corrected chi connectivity index (χ3v) is 10.6. The maximum absolute atomic E-state index is 10.9. The molecule has 0 fully saturated rings. The normalized spacial score (nSPS) is 13.0. The van der Waals surface area contributed by atoms with Crippen molar-refractivity contribution in [3.63, 3.8) is 0 Å². The van der Waals surface area contributed by atoms with Crippen LogP contribution in [-0.2, 0) is 5.41 Å². The molecule has 1 aromatic heterocycles. The summed E-state index contributed by atoms with van der Waals surface area (Å²) in [6.07, 6.45) is 0. The Balaban J connectivity index is 1.30. The number of para-hydroxylation sites is 2. The first-order chi connectivity index (χ1) is 25.2. The van der Waals surface area contributed by atoms with Crippen LogP contribution in [0.25, 0.3) is 49.7 Å². The predicted octanol–water partition coefficient (Wildman–Crippen LogP) is 8.93. The Morgan fingerprint density at radius 3 is 1.98 bits per heavy atom. The number of hydrogen-bond acceptors (Lipinski definition) is 4. The van der Waals surface area contributed by atoms with Gasteiger partial charge in [0.15, 0.2) is 11.5 Å². The van der Waals surface area contributed by atoms with Crippen molar-refractivity contribution < 1.29 is 15.3 Å². The van der Waals surface area contributed by atoms with Gasteiger partial charge in [-0.1, -0.05) is 116 Å². The third-order valence-electron chi connectivity index (χ3n) is 10.6. The van der Waals surface area contributed by atoms with Crippen LogP contribution in [-0.4, -0.2) is 35.6 Å². The summed E-state index contributed by atoms with van der Waals surface area (Å²) < 4.78 is 2.31. The quantitative estimate of drug-likeness (QED) is 0.0972. The predicted molar refractivity (Wildman–Crippen MR) is 214 cm³/mol. The number of nitrogens with zero attached hydrogens (tertiary/aromatic N) is 2. The van der Waals surface area contributed by atoms with Crippen molar-refractivity contribution in [2.45, 2.75) is 19.3 Å². The molecular formula is C45H32B2N2O3. The number of benzene rings is 7. The van der Waals surface area contributed by atoms with Gasteiger partial charge in [0.05, 0.1) is 22.3 Å². The molecule has 5 nitrogen and oxygen atoms in total. The van der Waals surface area contributed by atoms with Gasteiger partial charge in [-0.15, -0.1) is 0 Å². The molecule has 1 heterocycles. The van der Waals surface area contributed by atoms with Crippen molar-refractivity contribution in [1.29, 1.82) is 0 Å². The molecule has 8 aromatic rings. The van der Waals surface area contributed by atoms with E-state index in [2.05, 4.69) is 133 Å². The topological polar surface area (TPSA) is 68.9 Å². The molecule has 9 rings (SSSR count). The van der Waals surface area contributed by atoms with Crippen LogP contribution in [0.15, 0.2) is 140 Å². The molecule has 0 bridgehead atoms. The van der Waals surface area contributed by atoms with Gasteiger partial charge in [0, 0.05) is 33.2 Å². The van der Waals surface area contributed by atoms with E-state index in [1.807, 2.05) is 18.2 Å². The Morgan fingerprint density at radius 1 is 0.558 bits per heavy atom. The van der Waals surface area contributed by atoms with Crippen molar-refractivity contribution in [3.05, 3.63) is 151 Å². The Bertz CT molecular complexity index is 2690. The molecule has 0 unspecified atom stereocenters. The molecular weight excluding hydrogens is 638 g/mol. The fourth-order valence-electron chi connectivity index (χ4n) is 8.18. The zero-order valence-electron chi connectivity index (χ0n) is 28.7. The van der Waals surface area contributed by atoms with Crippen LogP contribution in [0.5, 0.6) is 17.2 Å². The summed E-state index contributed by atoms with van der Waals surface area (Å²) >= 11 is 0. The minimum atomic E-state index is -0.570. The number of rotatable bonds is 5. The van der Waals surface area contributed by atoms with Crippen LogP contribution in [0.4, 0.5) is 17.1 Å². The van der Waals surface area contributed by atoms with E-state index in [1.165, 1.54) is 27.6 Å². The molecule has 4 radical (unpaired) electrons. The second-order valence-corrected chi connectivity index (χ2v) is 13.9. The van der Waals surface area contributed by atoms with Crippen LogP contribution in [0.2, 0.25) is 0 Å². The molecule has 1 aliphatic rings. The molecule has 7 aromatic carbocycles. The lowest BCUT2D eigenvalue weighted by molar-refractivity contribution is 0.403. The van der Waals surface area contributed by atoms with E-state index in [-0.39, 0.29) is 21.9 Å². The molecule has 0 saturated heterocycles. The molecule has 246 valence electrons. The highest BCUT2D eigenvalue weighted by atomic mass is 16.3. The molecule has 7 heteroatoms. The number of aromatic nitrogens is 1. The van der Waals surface area contributed by atoms with Crippen molar-refractivity contribution in [3.8, 4) is 45.2 Å². The molecule has 0 aliphatic heterocycles. The van der Waals surface area contributed by atoms with E-state index in [0.29, 0.717) is 5.56 Å². The van der Waals surface area contributed by atoms with E-state index < -0.39 is 17.2 Å². The van der Waals surface area contributed by atoms with Gasteiger partial charge in [0.2, 0.25) is 0 Å². The van der Waals surface area contributed by atoms with Crippen molar-refractivity contribution in [2.24, 2.45) is 0 Å². The lowest BCUT2D eigenvalue weighted by Gasteiger charge is -2.32. The van der Waals surface area contributed by atoms with Crippen LogP contribution in [0.3, 0.4) is 0 Å². The molecule has 0 spiro atoms. The van der Waals surface area contributed by atoms with E-state index in [0.717, 1.165) is 39.2 Å². The molecule has 0 saturated carbocycles. The van der Waals surface area contributed by atoms with Crippen molar-refractivity contribution in [1.82, 2.24) is 4.57 Å². The Morgan fingerprint density at radius 2 is 1.19 bits per heavy atom. The van der Waals surface area contributed by atoms with Gasteiger partial charge >= 0.3 is 0 Å². The first kappa shape index (κ1) is 31.6. The highest BCUT2D eigenvalue weighted by Crippen LogP contribution is 2.54. The summed E-state index contributed by atoms with van der Waals surface area (Å²) in [5.41, 5.74) is 10.8. The molecule has 3 N–H and O–H groups in total. The number of phenolic OH excluding ortho intramolecular Hbond substituents is 3. The van der Waals surface area contributed by atoms with Gasteiger partial charge in [0.25, 0.3) is 0 Å². The van der Waals surface area contributed by atoms with Gasteiger partial charge < -0.3 is 24.8 Å². The van der Waals surface area contributed by atoms with E-state index >= 15 is 0 Å². The summed E-state index contributed by atoms with van der Waals surface area (Å²) in [4.78, 5) is 2.28. The highest BCUT2D eigenvalue weighted by molar-refractivity contribution is 6.51. The van der Waals surface area contributed by atoms with Gasteiger partial charge in [-0.3, -0.25) is 0 Å². The largest absolute Gasteiger partial charge is 0.508 e. The number of anilines is 3. The number of phenols is 3. The lowest BCUT2D eigenvalue weighted by Crippen LogP contribution is -2.26. The second kappa shape index (κ2) is 11.6. The fourth-order valence-corrected chi connectivity index (χ4v) is 8.18. The minimum Gasteiger partial charge on any atom is -0.508 e. The summed E-state index contributed by atoms with van der Waals surface area (Å²) in [5, 5.41) is 34.6. The zero-order chi connectivity index (χ0) is 35.9. The Labute approximate surface area is 304 Å². The number of aromatic hydroxyl groups is 3. The van der Waals surface area contributed by atoms with Crippen molar-refractivity contribution in [2.75, 3.05) is 4.90 Å². The minimum absolute atomic E-state index is 0.00767. The van der Waals surface area contributed by atoms with Crippen molar-refractivity contribution >= 4 is 65.5 Å². The summed E-state index contributed by atoms with van der Waals surface area (Å²) in [7, 11) is 11.8. The monoisotopic (exact) mass is 670 g/mol. The third kappa shape index (κ3) is 4.52. The average Bonchev–Trinajstić information content (AvgIpc) is 3.63. The fraction of sp³-hybridized carbons (Fsp3) is 0.0667. The smallest absolute Gasteiger partial charge is 0.168 e. The van der Waals surface area contributed by atoms with Gasteiger partial charge in [-0.2, -0.15) is 0 Å². The second-order valence-electron chi connectivity index (χ2n) is 13.9. The Kier molecular flexibility index (Phi) is 7.06. The summed E-state index contributed by atoms with van der Waals surface area (Å²) in [5.74, 6) is -1.50. The van der Waals surface area contributed by atoms with Crippen LogP contribution in [0.1, 0.15) is 25.0 Å². The molecule has 0 amide bonds. The zero-order valence-corrected chi connectivity index (χ0v) is 28.7. The maximum Gasteiger partial charge on any atom is 0.168 e.